The number of piperidine rings is 1. The minimum absolute atomic E-state index is 0.420. The minimum atomic E-state index is -0.420. The fourth-order valence-electron chi connectivity index (χ4n) is 2.80. The highest BCUT2D eigenvalue weighted by Crippen LogP contribution is 2.32. The number of anilines is 1. The Morgan fingerprint density at radius 3 is 2.83 bits per heavy atom. The van der Waals surface area contributed by atoms with Crippen molar-refractivity contribution in [2.75, 3.05) is 11.4 Å². The first-order valence-electron chi connectivity index (χ1n) is 6.87. The Labute approximate surface area is 118 Å². The van der Waals surface area contributed by atoms with E-state index in [9.17, 15) is 5.11 Å². The molecule has 0 radical (unpaired) electrons. The molecule has 1 fully saturated rings. The summed E-state index contributed by atoms with van der Waals surface area (Å²) in [7, 11) is 0. The summed E-state index contributed by atoms with van der Waals surface area (Å²) in [4.78, 5) is 2.51. The molecule has 1 saturated heterocycles. The molecule has 0 spiro atoms. The first-order chi connectivity index (χ1) is 8.63. The molecular weight excluding hydrogens is 290 g/mol. The summed E-state index contributed by atoms with van der Waals surface area (Å²) in [5, 5.41) is 9.66. The van der Waals surface area contributed by atoms with Gasteiger partial charge in [0.2, 0.25) is 0 Å². The first kappa shape index (κ1) is 13.9. The van der Waals surface area contributed by atoms with Crippen molar-refractivity contribution in [2.45, 2.75) is 51.7 Å². The molecule has 1 aliphatic rings. The normalized spacial score (nSPS) is 22.0. The molecule has 1 aromatic carbocycles. The molecule has 3 heteroatoms. The molecule has 0 amide bonds. The molecule has 0 aliphatic carbocycles. The van der Waals surface area contributed by atoms with Crippen molar-refractivity contribution >= 4 is 21.6 Å². The number of hydrogen-bond acceptors (Lipinski definition) is 2. The number of hydrogen-bond donors (Lipinski definition) is 1. The highest BCUT2D eigenvalue weighted by Gasteiger charge is 2.21. The summed E-state index contributed by atoms with van der Waals surface area (Å²) in [5.74, 6) is 0. The Kier molecular flexibility index (Phi) is 4.68. The number of aliphatic hydroxyl groups is 1. The highest BCUT2D eigenvalue weighted by atomic mass is 79.9. The SMILES string of the molecule is CCC1CCCCN1c1ccc([C@@H](C)O)c(Br)c1. The number of aliphatic hydroxyl groups excluding tert-OH is 1. The fourth-order valence-corrected chi connectivity index (χ4v) is 3.50. The lowest BCUT2D eigenvalue weighted by Crippen LogP contribution is -2.39. The van der Waals surface area contributed by atoms with Crippen molar-refractivity contribution in [3.05, 3.63) is 28.2 Å². The Balaban J connectivity index is 2.24. The van der Waals surface area contributed by atoms with Crippen LogP contribution in [0.2, 0.25) is 0 Å². The van der Waals surface area contributed by atoms with Crippen LogP contribution in [0.3, 0.4) is 0 Å². The second-order valence-electron chi connectivity index (χ2n) is 5.13. The third-order valence-electron chi connectivity index (χ3n) is 3.86. The van der Waals surface area contributed by atoms with Gasteiger partial charge in [0.15, 0.2) is 0 Å². The standard InChI is InChI=1S/C15H22BrNO/c1-3-12-6-4-5-9-17(12)13-7-8-14(11(2)18)15(16)10-13/h7-8,10-12,18H,3-6,9H2,1-2H3/t11-,12?/m1/s1. The van der Waals surface area contributed by atoms with Crippen LogP contribution in [0.1, 0.15) is 51.2 Å². The number of halogens is 1. The van der Waals surface area contributed by atoms with Gasteiger partial charge in [0.05, 0.1) is 6.10 Å². The average Bonchev–Trinajstić information content (AvgIpc) is 2.38. The Morgan fingerprint density at radius 2 is 2.22 bits per heavy atom. The molecule has 0 aromatic heterocycles. The number of nitrogens with zero attached hydrogens (tertiary/aromatic N) is 1. The van der Waals surface area contributed by atoms with Crippen LogP contribution in [0.15, 0.2) is 22.7 Å². The summed E-state index contributed by atoms with van der Waals surface area (Å²) >= 11 is 3.57. The molecule has 1 heterocycles. The Hall–Kier alpha value is -0.540. The molecule has 2 rings (SSSR count). The zero-order valence-corrected chi connectivity index (χ0v) is 12.8. The van der Waals surface area contributed by atoms with Crippen molar-refractivity contribution in [3.63, 3.8) is 0 Å². The van der Waals surface area contributed by atoms with Gasteiger partial charge in [-0.25, -0.2) is 0 Å². The molecule has 2 nitrogen and oxygen atoms in total. The maximum atomic E-state index is 9.66. The lowest BCUT2D eigenvalue weighted by molar-refractivity contribution is 0.198. The van der Waals surface area contributed by atoms with Crippen LogP contribution in [0.4, 0.5) is 5.69 Å². The van der Waals surface area contributed by atoms with Crippen molar-refractivity contribution in [3.8, 4) is 0 Å². The van der Waals surface area contributed by atoms with Crippen LogP contribution < -0.4 is 4.90 Å². The molecule has 1 aliphatic heterocycles. The van der Waals surface area contributed by atoms with E-state index in [0.29, 0.717) is 6.04 Å². The Bertz CT molecular complexity index is 405. The van der Waals surface area contributed by atoms with E-state index in [-0.39, 0.29) is 0 Å². The van der Waals surface area contributed by atoms with Crippen molar-refractivity contribution in [2.24, 2.45) is 0 Å². The minimum Gasteiger partial charge on any atom is -0.389 e. The number of rotatable bonds is 3. The maximum absolute atomic E-state index is 9.66. The van der Waals surface area contributed by atoms with E-state index in [0.717, 1.165) is 16.6 Å². The Morgan fingerprint density at radius 1 is 1.44 bits per heavy atom. The van der Waals surface area contributed by atoms with Gasteiger partial charge >= 0.3 is 0 Å². The van der Waals surface area contributed by atoms with E-state index in [1.807, 2.05) is 6.07 Å². The second-order valence-corrected chi connectivity index (χ2v) is 5.99. The monoisotopic (exact) mass is 311 g/mol. The third kappa shape index (κ3) is 2.89. The van der Waals surface area contributed by atoms with Crippen molar-refractivity contribution in [1.82, 2.24) is 0 Å². The van der Waals surface area contributed by atoms with E-state index in [1.54, 1.807) is 6.92 Å². The van der Waals surface area contributed by atoms with Crippen molar-refractivity contribution in [1.29, 1.82) is 0 Å². The van der Waals surface area contributed by atoms with Gasteiger partial charge in [0.1, 0.15) is 0 Å². The average molecular weight is 312 g/mol. The fraction of sp³-hybridized carbons (Fsp3) is 0.600. The van der Waals surface area contributed by atoms with Gasteiger partial charge in [0.25, 0.3) is 0 Å². The van der Waals surface area contributed by atoms with Crippen LogP contribution in [0.5, 0.6) is 0 Å². The molecule has 1 aromatic rings. The molecule has 0 saturated carbocycles. The lowest BCUT2D eigenvalue weighted by atomic mass is 9.98. The van der Waals surface area contributed by atoms with E-state index in [1.165, 1.54) is 31.4 Å². The van der Waals surface area contributed by atoms with Crippen LogP contribution in [0.25, 0.3) is 0 Å². The van der Waals surface area contributed by atoms with Gasteiger partial charge in [-0.1, -0.05) is 28.9 Å². The van der Waals surface area contributed by atoms with E-state index in [2.05, 4.69) is 39.9 Å². The van der Waals surface area contributed by atoms with Gasteiger partial charge in [0, 0.05) is 22.7 Å². The topological polar surface area (TPSA) is 23.5 Å². The largest absolute Gasteiger partial charge is 0.389 e. The van der Waals surface area contributed by atoms with Gasteiger partial charge in [-0.2, -0.15) is 0 Å². The van der Waals surface area contributed by atoms with Crippen LogP contribution in [-0.4, -0.2) is 17.7 Å². The summed E-state index contributed by atoms with van der Waals surface area (Å²) in [6.07, 6.45) is 4.72. The van der Waals surface area contributed by atoms with E-state index in [4.69, 9.17) is 0 Å². The number of benzene rings is 1. The van der Waals surface area contributed by atoms with E-state index >= 15 is 0 Å². The smallest absolute Gasteiger partial charge is 0.0772 e. The third-order valence-corrected chi connectivity index (χ3v) is 4.55. The summed E-state index contributed by atoms with van der Waals surface area (Å²) < 4.78 is 1.01. The lowest BCUT2D eigenvalue weighted by Gasteiger charge is -2.37. The molecule has 100 valence electrons. The zero-order valence-electron chi connectivity index (χ0n) is 11.2. The van der Waals surface area contributed by atoms with Gasteiger partial charge in [-0.3, -0.25) is 0 Å². The molecule has 18 heavy (non-hydrogen) atoms. The predicted molar refractivity (Wildman–Crippen MR) is 80.1 cm³/mol. The van der Waals surface area contributed by atoms with Gasteiger partial charge in [-0.05, 0) is 50.3 Å². The predicted octanol–water partition coefficient (Wildman–Crippen LogP) is 4.27. The highest BCUT2D eigenvalue weighted by molar-refractivity contribution is 9.10. The molecule has 0 bridgehead atoms. The van der Waals surface area contributed by atoms with Gasteiger partial charge < -0.3 is 10.0 Å². The first-order valence-corrected chi connectivity index (χ1v) is 7.67. The summed E-state index contributed by atoms with van der Waals surface area (Å²) in [5.41, 5.74) is 2.24. The molecule has 1 N–H and O–H groups in total. The molecule has 1 unspecified atom stereocenters. The van der Waals surface area contributed by atoms with Gasteiger partial charge in [-0.15, -0.1) is 0 Å². The zero-order chi connectivity index (χ0) is 13.1. The quantitative estimate of drug-likeness (QED) is 0.901. The molecule has 2 atom stereocenters. The maximum Gasteiger partial charge on any atom is 0.0772 e. The second kappa shape index (κ2) is 6.07. The van der Waals surface area contributed by atoms with Crippen LogP contribution in [0, 0.1) is 0 Å². The van der Waals surface area contributed by atoms with Crippen LogP contribution in [-0.2, 0) is 0 Å². The van der Waals surface area contributed by atoms with E-state index < -0.39 is 6.10 Å². The van der Waals surface area contributed by atoms with Crippen molar-refractivity contribution < 1.29 is 5.11 Å². The van der Waals surface area contributed by atoms with Crippen LogP contribution >= 0.6 is 15.9 Å². The summed E-state index contributed by atoms with van der Waals surface area (Å²) in [6, 6.07) is 6.99. The molecular formula is C15H22BrNO. The summed E-state index contributed by atoms with van der Waals surface area (Å²) in [6.45, 7) is 5.22.